The lowest BCUT2D eigenvalue weighted by Crippen LogP contribution is -2.16. The van der Waals surface area contributed by atoms with Crippen LogP contribution in [0.15, 0.2) is 18.2 Å². The molecular weight excluding hydrogens is 218 g/mol. The maximum atomic E-state index is 10.4. The highest BCUT2D eigenvalue weighted by molar-refractivity contribution is 5.66. The van der Waals surface area contributed by atoms with Crippen molar-refractivity contribution < 1.29 is 14.6 Å². The van der Waals surface area contributed by atoms with E-state index in [4.69, 9.17) is 15.1 Å². The number of carbonyl (C=O) groups is 1. The van der Waals surface area contributed by atoms with Crippen molar-refractivity contribution in [3.8, 4) is 11.8 Å². The van der Waals surface area contributed by atoms with E-state index < -0.39 is 12.1 Å². The van der Waals surface area contributed by atoms with Gasteiger partial charge in [0.15, 0.2) is 6.10 Å². The second kappa shape index (κ2) is 5.90. The average molecular weight is 233 g/mol. The summed E-state index contributed by atoms with van der Waals surface area (Å²) in [6.07, 6.45) is -0.589. The zero-order valence-electron chi connectivity index (χ0n) is 9.93. The second-order valence-electron chi connectivity index (χ2n) is 3.89. The molecule has 1 aromatic carbocycles. The molecule has 0 aliphatic carbocycles. The third-order valence-electron chi connectivity index (χ3n) is 2.43. The van der Waals surface area contributed by atoms with Crippen LogP contribution in [0.5, 0.6) is 5.75 Å². The molecular formula is C13H15NO3. The molecule has 0 saturated heterocycles. The summed E-state index contributed by atoms with van der Waals surface area (Å²) in [5.41, 5.74) is 1.89. The molecule has 1 atom stereocenters. The normalized spacial score (nSPS) is 11.6. The number of ether oxygens (including phenoxy) is 1. The van der Waals surface area contributed by atoms with Crippen LogP contribution in [0.25, 0.3) is 0 Å². The number of hydrogen-bond acceptors (Lipinski definition) is 3. The fourth-order valence-corrected chi connectivity index (χ4v) is 1.53. The van der Waals surface area contributed by atoms with Crippen molar-refractivity contribution in [3.05, 3.63) is 29.3 Å². The van der Waals surface area contributed by atoms with E-state index in [1.165, 1.54) is 0 Å². The van der Waals surface area contributed by atoms with Gasteiger partial charge in [0.2, 0.25) is 0 Å². The first-order chi connectivity index (χ1) is 8.04. The highest BCUT2D eigenvalue weighted by atomic mass is 16.5. The lowest BCUT2D eigenvalue weighted by atomic mass is 10.1. The first-order valence-electron chi connectivity index (χ1n) is 5.39. The summed E-state index contributed by atoms with van der Waals surface area (Å²) in [4.78, 5) is 10.4. The lowest BCUT2D eigenvalue weighted by molar-refractivity contribution is -0.137. The van der Waals surface area contributed by atoms with E-state index in [1.807, 2.05) is 38.1 Å². The molecule has 0 bridgehead atoms. The molecule has 0 heterocycles. The molecule has 0 saturated carbocycles. The third kappa shape index (κ3) is 3.80. The van der Waals surface area contributed by atoms with Crippen molar-refractivity contribution in [2.75, 3.05) is 0 Å². The van der Waals surface area contributed by atoms with Crippen molar-refractivity contribution in [1.29, 1.82) is 5.26 Å². The highest BCUT2D eigenvalue weighted by Crippen LogP contribution is 2.24. The van der Waals surface area contributed by atoms with E-state index in [0.717, 1.165) is 11.1 Å². The Morgan fingerprint density at radius 1 is 1.47 bits per heavy atom. The number of aliphatic carboxylic acids is 1. The number of benzene rings is 1. The summed E-state index contributed by atoms with van der Waals surface area (Å²) in [5.74, 6) is -0.250. The van der Waals surface area contributed by atoms with Crippen LogP contribution in [0.3, 0.4) is 0 Å². The Balaban J connectivity index is 2.74. The van der Waals surface area contributed by atoms with E-state index in [2.05, 4.69) is 0 Å². The van der Waals surface area contributed by atoms with Gasteiger partial charge >= 0.3 is 5.97 Å². The third-order valence-corrected chi connectivity index (χ3v) is 2.43. The largest absolute Gasteiger partial charge is 0.481 e. The summed E-state index contributed by atoms with van der Waals surface area (Å²) >= 11 is 0. The van der Waals surface area contributed by atoms with Gasteiger partial charge in [0.1, 0.15) is 11.8 Å². The summed E-state index contributed by atoms with van der Waals surface area (Å²) < 4.78 is 5.55. The molecule has 1 aromatic rings. The van der Waals surface area contributed by atoms with E-state index in [9.17, 15) is 4.79 Å². The first kappa shape index (κ1) is 13.0. The number of nitriles is 1. The van der Waals surface area contributed by atoms with Crippen molar-refractivity contribution in [1.82, 2.24) is 0 Å². The lowest BCUT2D eigenvalue weighted by Gasteiger charge is -2.15. The van der Waals surface area contributed by atoms with Crippen LogP contribution in [-0.4, -0.2) is 17.2 Å². The van der Waals surface area contributed by atoms with E-state index >= 15 is 0 Å². The Labute approximate surface area is 100 Å². The zero-order chi connectivity index (χ0) is 12.8. The average Bonchev–Trinajstić information content (AvgIpc) is 2.27. The smallest absolute Gasteiger partial charge is 0.303 e. The van der Waals surface area contributed by atoms with Crippen molar-refractivity contribution in [3.63, 3.8) is 0 Å². The maximum Gasteiger partial charge on any atom is 0.303 e. The number of carboxylic acids is 1. The Hall–Kier alpha value is -2.02. The Morgan fingerprint density at radius 2 is 2.06 bits per heavy atom. The van der Waals surface area contributed by atoms with Crippen molar-refractivity contribution in [2.45, 2.75) is 32.8 Å². The highest BCUT2D eigenvalue weighted by Gasteiger charge is 2.14. The quantitative estimate of drug-likeness (QED) is 0.847. The van der Waals surface area contributed by atoms with Crippen molar-refractivity contribution in [2.24, 2.45) is 0 Å². The van der Waals surface area contributed by atoms with Gasteiger partial charge in [-0.05, 0) is 25.0 Å². The topological polar surface area (TPSA) is 70.3 Å². The molecule has 1 rings (SSSR count). The van der Waals surface area contributed by atoms with Crippen LogP contribution >= 0.6 is 0 Å². The minimum atomic E-state index is -0.921. The molecule has 4 heteroatoms. The number of aryl methyl sites for hydroxylation is 2. The molecule has 0 aliphatic rings. The van der Waals surface area contributed by atoms with Gasteiger partial charge in [0.05, 0.1) is 0 Å². The summed E-state index contributed by atoms with van der Waals surface area (Å²) in [7, 11) is 0. The van der Waals surface area contributed by atoms with E-state index in [0.29, 0.717) is 5.75 Å². The molecule has 0 aliphatic heterocycles. The number of para-hydroxylation sites is 1. The second-order valence-corrected chi connectivity index (χ2v) is 3.89. The molecule has 1 unspecified atom stereocenters. The molecule has 90 valence electrons. The van der Waals surface area contributed by atoms with Gasteiger partial charge in [-0.1, -0.05) is 18.2 Å². The van der Waals surface area contributed by atoms with Crippen LogP contribution in [0.1, 0.15) is 24.0 Å². The molecule has 0 radical (unpaired) electrons. The molecule has 0 amide bonds. The monoisotopic (exact) mass is 233 g/mol. The molecule has 0 aromatic heterocycles. The van der Waals surface area contributed by atoms with Gasteiger partial charge in [-0.2, -0.15) is 5.26 Å². The Morgan fingerprint density at radius 3 is 2.53 bits per heavy atom. The minimum Gasteiger partial charge on any atom is -0.481 e. The summed E-state index contributed by atoms with van der Waals surface area (Å²) in [6.45, 7) is 3.79. The standard InChI is InChI=1S/C13H15NO3/c1-9-4-3-5-10(2)13(9)17-11(8-14)6-7-12(15)16/h3-5,11H,6-7H2,1-2H3,(H,15,16). The fourth-order valence-electron chi connectivity index (χ4n) is 1.53. The van der Waals surface area contributed by atoms with Gasteiger partial charge in [-0.3, -0.25) is 4.79 Å². The first-order valence-corrected chi connectivity index (χ1v) is 5.39. The summed E-state index contributed by atoms with van der Waals surface area (Å²) in [6, 6.07) is 7.68. The predicted octanol–water partition coefficient (Wildman–Crippen LogP) is 2.44. The number of hydrogen-bond donors (Lipinski definition) is 1. The maximum absolute atomic E-state index is 10.4. The number of carboxylic acid groups (broad SMARTS) is 1. The summed E-state index contributed by atoms with van der Waals surface area (Å²) in [5, 5.41) is 17.5. The van der Waals surface area contributed by atoms with Gasteiger partial charge in [-0.15, -0.1) is 0 Å². The van der Waals surface area contributed by atoms with Crippen LogP contribution in [0, 0.1) is 25.2 Å². The fraction of sp³-hybridized carbons (Fsp3) is 0.385. The molecule has 1 N–H and O–H groups in total. The van der Waals surface area contributed by atoms with Gasteiger partial charge in [0.25, 0.3) is 0 Å². The van der Waals surface area contributed by atoms with Crippen LogP contribution in [0.2, 0.25) is 0 Å². The van der Waals surface area contributed by atoms with Crippen LogP contribution in [-0.2, 0) is 4.79 Å². The van der Waals surface area contributed by atoms with Gasteiger partial charge in [-0.25, -0.2) is 0 Å². The Kier molecular flexibility index (Phi) is 4.53. The van der Waals surface area contributed by atoms with Crippen LogP contribution < -0.4 is 4.74 Å². The Bertz CT molecular complexity index is 428. The van der Waals surface area contributed by atoms with Gasteiger partial charge in [0, 0.05) is 12.8 Å². The van der Waals surface area contributed by atoms with E-state index in [1.54, 1.807) is 0 Å². The van der Waals surface area contributed by atoms with Crippen LogP contribution in [0.4, 0.5) is 0 Å². The molecule has 0 spiro atoms. The number of rotatable bonds is 5. The van der Waals surface area contributed by atoms with E-state index in [-0.39, 0.29) is 12.8 Å². The molecule has 4 nitrogen and oxygen atoms in total. The predicted molar refractivity (Wildman–Crippen MR) is 62.8 cm³/mol. The number of nitrogens with zero attached hydrogens (tertiary/aromatic N) is 1. The molecule has 17 heavy (non-hydrogen) atoms. The SMILES string of the molecule is Cc1cccc(C)c1OC(C#N)CCC(=O)O. The molecule has 0 fully saturated rings. The minimum absolute atomic E-state index is 0.0663. The van der Waals surface area contributed by atoms with Gasteiger partial charge < -0.3 is 9.84 Å². The zero-order valence-corrected chi connectivity index (χ0v) is 9.93. The van der Waals surface area contributed by atoms with Crippen molar-refractivity contribution >= 4 is 5.97 Å².